The number of pyridine rings is 1. The molecule has 0 saturated carbocycles. The first kappa shape index (κ1) is 13.2. The standard InChI is InChI=1S/C16H12BrN5/c17-13-6-14-15(20-21-16(14)18-8-13)12-7-19-22(10-12)9-11-4-2-1-3-5-11/h1-8,10H,9H2,(H,18,20,21). The van der Waals surface area contributed by atoms with Crippen molar-refractivity contribution in [2.45, 2.75) is 6.54 Å². The molecule has 0 radical (unpaired) electrons. The van der Waals surface area contributed by atoms with Gasteiger partial charge in [0.25, 0.3) is 0 Å². The molecule has 0 spiro atoms. The summed E-state index contributed by atoms with van der Waals surface area (Å²) in [6, 6.07) is 12.3. The Balaban J connectivity index is 1.69. The van der Waals surface area contributed by atoms with Crippen molar-refractivity contribution in [1.82, 2.24) is 25.0 Å². The summed E-state index contributed by atoms with van der Waals surface area (Å²) in [7, 11) is 0. The van der Waals surface area contributed by atoms with Gasteiger partial charge in [0.05, 0.1) is 18.4 Å². The van der Waals surface area contributed by atoms with E-state index in [2.05, 4.69) is 48.3 Å². The van der Waals surface area contributed by atoms with E-state index in [1.807, 2.05) is 41.3 Å². The number of benzene rings is 1. The highest BCUT2D eigenvalue weighted by Crippen LogP contribution is 2.26. The highest BCUT2D eigenvalue weighted by molar-refractivity contribution is 9.10. The van der Waals surface area contributed by atoms with Crippen LogP contribution in [0.15, 0.2) is 59.5 Å². The topological polar surface area (TPSA) is 59.4 Å². The lowest BCUT2D eigenvalue weighted by atomic mass is 10.2. The largest absolute Gasteiger partial charge is 0.275 e. The highest BCUT2D eigenvalue weighted by Gasteiger charge is 2.11. The summed E-state index contributed by atoms with van der Waals surface area (Å²) in [5.74, 6) is 0. The monoisotopic (exact) mass is 353 g/mol. The van der Waals surface area contributed by atoms with E-state index in [1.165, 1.54) is 5.56 Å². The van der Waals surface area contributed by atoms with E-state index < -0.39 is 0 Å². The molecule has 0 bridgehead atoms. The van der Waals surface area contributed by atoms with Crippen LogP contribution in [0, 0.1) is 0 Å². The van der Waals surface area contributed by atoms with Gasteiger partial charge in [-0.2, -0.15) is 10.2 Å². The molecule has 0 unspecified atom stereocenters. The zero-order valence-corrected chi connectivity index (χ0v) is 13.2. The summed E-state index contributed by atoms with van der Waals surface area (Å²) in [6.07, 6.45) is 5.60. The Bertz CT molecular complexity index is 926. The predicted octanol–water partition coefficient (Wildman–Crippen LogP) is 3.63. The average Bonchev–Trinajstić information content (AvgIpc) is 3.14. The van der Waals surface area contributed by atoms with Crippen LogP contribution in [-0.4, -0.2) is 25.0 Å². The Morgan fingerprint density at radius 3 is 2.86 bits per heavy atom. The second kappa shape index (κ2) is 5.38. The van der Waals surface area contributed by atoms with Gasteiger partial charge in [-0.05, 0) is 27.6 Å². The summed E-state index contributed by atoms with van der Waals surface area (Å²) in [5.41, 5.74) is 3.85. The van der Waals surface area contributed by atoms with Crippen molar-refractivity contribution in [3.05, 3.63) is 65.0 Å². The molecule has 0 aliphatic carbocycles. The molecule has 3 heterocycles. The minimum Gasteiger partial charge on any atom is -0.275 e. The van der Waals surface area contributed by atoms with Crippen LogP contribution in [0.5, 0.6) is 0 Å². The van der Waals surface area contributed by atoms with Crippen molar-refractivity contribution in [3.63, 3.8) is 0 Å². The number of rotatable bonds is 3. The van der Waals surface area contributed by atoms with Crippen molar-refractivity contribution in [1.29, 1.82) is 0 Å². The first-order chi connectivity index (χ1) is 10.8. The van der Waals surface area contributed by atoms with Crippen LogP contribution in [0.25, 0.3) is 22.3 Å². The summed E-state index contributed by atoms with van der Waals surface area (Å²) in [4.78, 5) is 4.29. The van der Waals surface area contributed by atoms with Crippen LogP contribution in [-0.2, 0) is 6.54 Å². The van der Waals surface area contributed by atoms with Gasteiger partial charge in [-0.1, -0.05) is 30.3 Å². The van der Waals surface area contributed by atoms with Gasteiger partial charge < -0.3 is 0 Å². The number of halogens is 1. The molecule has 108 valence electrons. The van der Waals surface area contributed by atoms with Crippen molar-refractivity contribution < 1.29 is 0 Å². The molecule has 4 rings (SSSR count). The van der Waals surface area contributed by atoms with Gasteiger partial charge in [0.15, 0.2) is 5.65 Å². The summed E-state index contributed by atoms with van der Waals surface area (Å²) >= 11 is 3.45. The number of H-pyrrole nitrogens is 1. The zero-order valence-electron chi connectivity index (χ0n) is 11.6. The summed E-state index contributed by atoms with van der Waals surface area (Å²) in [6.45, 7) is 0.745. The Morgan fingerprint density at radius 2 is 2.00 bits per heavy atom. The first-order valence-electron chi connectivity index (χ1n) is 6.86. The molecule has 4 aromatic rings. The van der Waals surface area contributed by atoms with Crippen LogP contribution in [0.1, 0.15) is 5.56 Å². The maximum Gasteiger partial charge on any atom is 0.181 e. The molecule has 6 heteroatoms. The Kier molecular flexibility index (Phi) is 3.23. The first-order valence-corrected chi connectivity index (χ1v) is 7.65. The minimum absolute atomic E-state index is 0.703. The van der Waals surface area contributed by atoms with Gasteiger partial charge in [0, 0.05) is 27.8 Å². The minimum atomic E-state index is 0.703. The van der Waals surface area contributed by atoms with Gasteiger partial charge in [-0.15, -0.1) is 0 Å². The van der Waals surface area contributed by atoms with E-state index in [9.17, 15) is 0 Å². The van der Waals surface area contributed by atoms with E-state index >= 15 is 0 Å². The molecular weight excluding hydrogens is 342 g/mol. The molecule has 3 aromatic heterocycles. The number of hydrogen-bond donors (Lipinski definition) is 1. The molecule has 0 amide bonds. The van der Waals surface area contributed by atoms with Gasteiger partial charge >= 0.3 is 0 Å². The Morgan fingerprint density at radius 1 is 1.14 bits per heavy atom. The third-order valence-electron chi connectivity index (χ3n) is 3.49. The fourth-order valence-electron chi connectivity index (χ4n) is 2.44. The number of aromatic amines is 1. The lowest BCUT2D eigenvalue weighted by Gasteiger charge is -2.00. The third-order valence-corrected chi connectivity index (χ3v) is 3.92. The number of nitrogens with one attached hydrogen (secondary N) is 1. The average molecular weight is 354 g/mol. The number of aromatic nitrogens is 5. The summed E-state index contributed by atoms with van der Waals surface area (Å²) in [5, 5.41) is 12.7. The number of nitrogens with zero attached hydrogens (tertiary/aromatic N) is 4. The highest BCUT2D eigenvalue weighted by atomic mass is 79.9. The second-order valence-corrected chi connectivity index (χ2v) is 5.95. The quantitative estimate of drug-likeness (QED) is 0.611. The fourth-order valence-corrected chi connectivity index (χ4v) is 2.78. The maximum atomic E-state index is 4.43. The lowest BCUT2D eigenvalue weighted by molar-refractivity contribution is 0.687. The van der Waals surface area contributed by atoms with Crippen LogP contribution in [0.2, 0.25) is 0 Å². The normalized spacial score (nSPS) is 11.1. The van der Waals surface area contributed by atoms with Crippen molar-refractivity contribution in [2.24, 2.45) is 0 Å². The lowest BCUT2D eigenvalue weighted by Crippen LogP contribution is -1.99. The maximum absolute atomic E-state index is 4.43. The second-order valence-electron chi connectivity index (χ2n) is 5.04. The Hall–Kier alpha value is -2.47. The SMILES string of the molecule is Brc1cnc2n[nH]c(-c3cnn(Cc4ccccc4)c3)c2c1. The molecule has 0 atom stereocenters. The molecule has 1 N–H and O–H groups in total. The number of hydrogen-bond acceptors (Lipinski definition) is 3. The fraction of sp³-hybridized carbons (Fsp3) is 0.0625. The van der Waals surface area contributed by atoms with Crippen LogP contribution < -0.4 is 0 Å². The van der Waals surface area contributed by atoms with Crippen molar-refractivity contribution in [3.8, 4) is 11.3 Å². The smallest absolute Gasteiger partial charge is 0.181 e. The summed E-state index contributed by atoms with van der Waals surface area (Å²) < 4.78 is 2.85. The van der Waals surface area contributed by atoms with Crippen LogP contribution >= 0.6 is 15.9 Å². The van der Waals surface area contributed by atoms with Crippen LogP contribution in [0.3, 0.4) is 0 Å². The third kappa shape index (κ3) is 2.42. The van der Waals surface area contributed by atoms with Crippen LogP contribution in [0.4, 0.5) is 0 Å². The van der Waals surface area contributed by atoms with E-state index in [4.69, 9.17) is 0 Å². The molecule has 0 aliphatic heterocycles. The number of fused-ring (bicyclic) bond motifs is 1. The molecule has 0 aliphatic rings. The zero-order chi connectivity index (χ0) is 14.9. The molecule has 0 saturated heterocycles. The van der Waals surface area contributed by atoms with Crippen molar-refractivity contribution in [2.75, 3.05) is 0 Å². The van der Waals surface area contributed by atoms with Gasteiger partial charge in [-0.3, -0.25) is 9.78 Å². The molecular formula is C16H12BrN5. The van der Waals surface area contributed by atoms with E-state index in [0.29, 0.717) is 5.65 Å². The molecule has 5 nitrogen and oxygen atoms in total. The van der Waals surface area contributed by atoms with Crippen molar-refractivity contribution >= 4 is 27.0 Å². The molecule has 1 aromatic carbocycles. The predicted molar refractivity (Wildman–Crippen MR) is 88.4 cm³/mol. The Labute approximate surface area is 135 Å². The van der Waals surface area contributed by atoms with E-state index in [0.717, 1.165) is 27.7 Å². The van der Waals surface area contributed by atoms with Gasteiger partial charge in [0.1, 0.15) is 0 Å². The molecule has 0 fully saturated rings. The molecule has 22 heavy (non-hydrogen) atoms. The van der Waals surface area contributed by atoms with E-state index in [-0.39, 0.29) is 0 Å². The van der Waals surface area contributed by atoms with E-state index in [1.54, 1.807) is 6.20 Å². The van der Waals surface area contributed by atoms with Gasteiger partial charge in [-0.25, -0.2) is 4.98 Å². The van der Waals surface area contributed by atoms with Gasteiger partial charge in [0.2, 0.25) is 0 Å².